The Balaban J connectivity index is 2.24. The molecule has 1 rings (SSSR count). The molecule has 2 N–H and O–H groups in total. The van der Waals surface area contributed by atoms with Crippen LogP contribution in [0.15, 0.2) is 0 Å². The smallest absolute Gasteiger partial charge is 0.246 e. The summed E-state index contributed by atoms with van der Waals surface area (Å²) in [7, 11) is 0. The van der Waals surface area contributed by atoms with Gasteiger partial charge < -0.3 is 0 Å². The van der Waals surface area contributed by atoms with E-state index in [0.29, 0.717) is 11.8 Å². The number of carbonyl (C=O) groups is 1. The van der Waals surface area contributed by atoms with E-state index >= 15 is 0 Å². The maximum atomic E-state index is 10.8. The highest BCUT2D eigenvalue weighted by Gasteiger charge is 2.35. The molecule has 3 nitrogen and oxygen atoms in total. The Hall–Kier alpha value is -0.570. The minimum Gasteiger partial charge on any atom is -0.289 e. The van der Waals surface area contributed by atoms with Crippen LogP contribution in [-0.4, -0.2) is 11.1 Å². The van der Waals surface area contributed by atoms with Gasteiger partial charge in [0.05, 0.1) is 0 Å². The average molecular weight is 157 g/mol. The van der Waals surface area contributed by atoms with Crippen molar-refractivity contribution in [2.45, 2.75) is 26.7 Å². The zero-order valence-electron chi connectivity index (χ0n) is 7.00. The van der Waals surface area contributed by atoms with Gasteiger partial charge in [-0.3, -0.25) is 10.0 Å². The molecule has 1 aliphatic carbocycles. The van der Waals surface area contributed by atoms with E-state index in [0.717, 1.165) is 12.8 Å². The van der Waals surface area contributed by atoms with E-state index in [9.17, 15) is 4.79 Å². The molecule has 1 saturated carbocycles. The lowest BCUT2D eigenvalue weighted by Gasteiger charge is -2.36. The van der Waals surface area contributed by atoms with Gasteiger partial charge in [-0.1, -0.05) is 13.8 Å². The molecule has 0 atom stereocenters. The molecule has 0 aromatic rings. The van der Waals surface area contributed by atoms with Crippen LogP contribution in [0.1, 0.15) is 26.7 Å². The van der Waals surface area contributed by atoms with Crippen molar-refractivity contribution in [2.75, 3.05) is 0 Å². The first-order chi connectivity index (χ1) is 5.15. The number of amides is 1. The molecule has 11 heavy (non-hydrogen) atoms. The van der Waals surface area contributed by atoms with E-state index in [-0.39, 0.29) is 11.8 Å². The van der Waals surface area contributed by atoms with E-state index in [4.69, 9.17) is 5.21 Å². The lowest BCUT2D eigenvalue weighted by molar-refractivity contribution is -0.138. The first-order valence-electron chi connectivity index (χ1n) is 4.09. The van der Waals surface area contributed by atoms with Crippen molar-refractivity contribution in [3.63, 3.8) is 0 Å². The van der Waals surface area contributed by atoms with E-state index < -0.39 is 0 Å². The molecule has 0 aromatic heterocycles. The molecular formula is C8H15NO2. The van der Waals surface area contributed by atoms with Gasteiger partial charge >= 0.3 is 0 Å². The molecule has 0 unspecified atom stereocenters. The lowest BCUT2D eigenvalue weighted by atomic mass is 9.69. The number of rotatable bonds is 2. The molecule has 0 saturated heterocycles. The first-order valence-corrected chi connectivity index (χ1v) is 4.09. The summed E-state index contributed by atoms with van der Waals surface area (Å²) < 4.78 is 0. The number of hydrogen-bond donors (Lipinski definition) is 2. The van der Waals surface area contributed by atoms with Gasteiger partial charge in [0.2, 0.25) is 5.91 Å². The molecule has 0 spiro atoms. The number of nitrogens with one attached hydrogen (secondary N) is 1. The summed E-state index contributed by atoms with van der Waals surface area (Å²) in [6.45, 7) is 4.33. The standard InChI is InChI=1S/C8H15NO2/c1-5(2)6-3-7(4-6)8(10)9-11/h5-7,11H,3-4H2,1-2H3,(H,9,10). The molecule has 0 bridgehead atoms. The summed E-state index contributed by atoms with van der Waals surface area (Å²) in [5.41, 5.74) is 1.69. The zero-order valence-corrected chi connectivity index (χ0v) is 7.00. The van der Waals surface area contributed by atoms with Crippen LogP contribution in [0.5, 0.6) is 0 Å². The highest BCUT2D eigenvalue weighted by atomic mass is 16.5. The quantitative estimate of drug-likeness (QED) is 0.467. The third-order valence-corrected chi connectivity index (χ3v) is 2.60. The van der Waals surface area contributed by atoms with Gasteiger partial charge in [0.25, 0.3) is 0 Å². The maximum absolute atomic E-state index is 10.8. The summed E-state index contributed by atoms with van der Waals surface area (Å²) in [5.74, 6) is 1.18. The Labute approximate surface area is 66.7 Å². The Morgan fingerprint density at radius 1 is 1.55 bits per heavy atom. The molecule has 0 heterocycles. The Kier molecular flexibility index (Phi) is 2.49. The van der Waals surface area contributed by atoms with E-state index in [2.05, 4.69) is 13.8 Å². The predicted molar refractivity (Wildman–Crippen MR) is 41.0 cm³/mol. The fraction of sp³-hybridized carbons (Fsp3) is 0.875. The van der Waals surface area contributed by atoms with Crippen molar-refractivity contribution in [2.24, 2.45) is 17.8 Å². The number of hydroxylamine groups is 1. The third-order valence-electron chi connectivity index (χ3n) is 2.60. The van der Waals surface area contributed by atoms with Crippen LogP contribution in [-0.2, 0) is 4.79 Å². The molecule has 64 valence electrons. The molecular weight excluding hydrogens is 142 g/mol. The fourth-order valence-electron chi connectivity index (χ4n) is 1.51. The average Bonchev–Trinajstić information content (AvgIpc) is 1.83. The molecule has 1 fully saturated rings. The summed E-state index contributed by atoms with van der Waals surface area (Å²) in [4.78, 5) is 10.8. The summed E-state index contributed by atoms with van der Waals surface area (Å²) >= 11 is 0. The molecule has 0 aromatic carbocycles. The zero-order chi connectivity index (χ0) is 8.43. The molecule has 1 amide bonds. The van der Waals surface area contributed by atoms with E-state index in [1.807, 2.05) is 0 Å². The summed E-state index contributed by atoms with van der Waals surface area (Å²) in [5, 5.41) is 8.30. The van der Waals surface area contributed by atoms with Crippen LogP contribution in [0.3, 0.4) is 0 Å². The van der Waals surface area contributed by atoms with Gasteiger partial charge in [0.15, 0.2) is 0 Å². The van der Waals surface area contributed by atoms with Crippen LogP contribution >= 0.6 is 0 Å². The SMILES string of the molecule is CC(C)C1CC(C(=O)NO)C1. The van der Waals surface area contributed by atoms with Gasteiger partial charge in [0, 0.05) is 5.92 Å². The number of carbonyl (C=O) groups excluding carboxylic acids is 1. The maximum Gasteiger partial charge on any atom is 0.246 e. The summed E-state index contributed by atoms with van der Waals surface area (Å²) in [6, 6.07) is 0. The van der Waals surface area contributed by atoms with Crippen LogP contribution in [0.4, 0.5) is 0 Å². The largest absolute Gasteiger partial charge is 0.289 e. The predicted octanol–water partition coefficient (Wildman–Crippen LogP) is 1.17. The second kappa shape index (κ2) is 3.22. The highest BCUT2D eigenvalue weighted by Crippen LogP contribution is 2.38. The van der Waals surface area contributed by atoms with Crippen molar-refractivity contribution in [1.29, 1.82) is 0 Å². The summed E-state index contributed by atoms with van der Waals surface area (Å²) in [6.07, 6.45) is 1.87. The minimum absolute atomic E-state index is 0.0624. The Morgan fingerprint density at radius 2 is 2.09 bits per heavy atom. The van der Waals surface area contributed by atoms with Crippen molar-refractivity contribution >= 4 is 5.91 Å². The monoisotopic (exact) mass is 157 g/mol. The highest BCUT2D eigenvalue weighted by molar-refractivity contribution is 5.78. The van der Waals surface area contributed by atoms with E-state index in [1.165, 1.54) is 0 Å². The third kappa shape index (κ3) is 1.71. The van der Waals surface area contributed by atoms with Gasteiger partial charge in [0.1, 0.15) is 0 Å². The van der Waals surface area contributed by atoms with Crippen LogP contribution in [0.2, 0.25) is 0 Å². The normalized spacial score (nSPS) is 29.8. The molecule has 0 aliphatic heterocycles. The van der Waals surface area contributed by atoms with Crippen molar-refractivity contribution in [3.05, 3.63) is 0 Å². The van der Waals surface area contributed by atoms with E-state index in [1.54, 1.807) is 5.48 Å². The Bertz CT molecular complexity index is 150. The molecule has 1 aliphatic rings. The van der Waals surface area contributed by atoms with Crippen molar-refractivity contribution < 1.29 is 10.0 Å². The van der Waals surface area contributed by atoms with Crippen LogP contribution in [0, 0.1) is 17.8 Å². The minimum atomic E-state index is -0.220. The topological polar surface area (TPSA) is 49.3 Å². The van der Waals surface area contributed by atoms with Gasteiger partial charge in [-0.2, -0.15) is 0 Å². The van der Waals surface area contributed by atoms with Gasteiger partial charge in [-0.25, -0.2) is 5.48 Å². The first kappa shape index (κ1) is 8.53. The second-order valence-electron chi connectivity index (χ2n) is 3.65. The van der Waals surface area contributed by atoms with Crippen molar-refractivity contribution in [1.82, 2.24) is 5.48 Å². The molecule has 3 heteroatoms. The molecule has 0 radical (unpaired) electrons. The fourth-order valence-corrected chi connectivity index (χ4v) is 1.51. The van der Waals surface area contributed by atoms with Gasteiger partial charge in [-0.05, 0) is 24.7 Å². The second-order valence-corrected chi connectivity index (χ2v) is 3.65. The Morgan fingerprint density at radius 3 is 2.45 bits per heavy atom. The van der Waals surface area contributed by atoms with Crippen molar-refractivity contribution in [3.8, 4) is 0 Å². The lowest BCUT2D eigenvalue weighted by Crippen LogP contribution is -2.39. The van der Waals surface area contributed by atoms with Crippen LogP contribution in [0.25, 0.3) is 0 Å². The number of hydrogen-bond acceptors (Lipinski definition) is 2. The van der Waals surface area contributed by atoms with Crippen LogP contribution < -0.4 is 5.48 Å². The van der Waals surface area contributed by atoms with Gasteiger partial charge in [-0.15, -0.1) is 0 Å².